The van der Waals surface area contributed by atoms with Crippen LogP contribution in [-0.4, -0.2) is 17.0 Å². The second kappa shape index (κ2) is 6.29. The first-order valence-corrected chi connectivity index (χ1v) is 7.54. The van der Waals surface area contributed by atoms with E-state index in [0.29, 0.717) is 11.6 Å². The molecule has 114 valence electrons. The molecular weight excluding hydrogens is 266 g/mol. The molecule has 0 bridgehead atoms. The number of carboxylic acid groups (broad SMARTS) is 1. The summed E-state index contributed by atoms with van der Waals surface area (Å²) >= 11 is 0. The van der Waals surface area contributed by atoms with Gasteiger partial charge in [-0.15, -0.1) is 0 Å². The van der Waals surface area contributed by atoms with Gasteiger partial charge in [-0.25, -0.2) is 4.79 Å². The molecular formula is C17H23NO3. The van der Waals surface area contributed by atoms with Crippen molar-refractivity contribution in [3.8, 4) is 0 Å². The van der Waals surface area contributed by atoms with E-state index in [1.54, 1.807) is 6.07 Å². The summed E-state index contributed by atoms with van der Waals surface area (Å²) in [7, 11) is 0. The van der Waals surface area contributed by atoms with Crippen LogP contribution in [0.5, 0.6) is 0 Å². The number of benzene rings is 1. The Kier molecular flexibility index (Phi) is 4.66. The van der Waals surface area contributed by atoms with Crippen LogP contribution in [0.15, 0.2) is 12.1 Å². The Morgan fingerprint density at radius 2 is 1.76 bits per heavy atom. The maximum atomic E-state index is 12.4. The minimum absolute atomic E-state index is 0.00329. The maximum absolute atomic E-state index is 12.4. The van der Waals surface area contributed by atoms with E-state index in [4.69, 9.17) is 0 Å². The molecule has 21 heavy (non-hydrogen) atoms. The predicted octanol–water partition coefficient (Wildman–Crippen LogP) is 3.77. The molecule has 1 fully saturated rings. The normalized spacial score (nSPS) is 21.9. The zero-order valence-corrected chi connectivity index (χ0v) is 12.9. The van der Waals surface area contributed by atoms with Crippen molar-refractivity contribution in [3.63, 3.8) is 0 Å². The molecule has 0 unspecified atom stereocenters. The minimum atomic E-state index is -1.01. The smallest absolute Gasteiger partial charge is 0.337 e. The monoisotopic (exact) mass is 289 g/mol. The molecule has 0 radical (unpaired) electrons. The topological polar surface area (TPSA) is 66.4 Å². The Morgan fingerprint density at radius 1 is 1.14 bits per heavy atom. The van der Waals surface area contributed by atoms with E-state index < -0.39 is 5.97 Å². The van der Waals surface area contributed by atoms with Crippen LogP contribution in [0.3, 0.4) is 0 Å². The fraction of sp³-hybridized carbons (Fsp3) is 0.529. The number of amides is 1. The second-order valence-corrected chi connectivity index (χ2v) is 6.26. The number of carbonyl (C=O) groups is 2. The molecule has 0 atom stereocenters. The first kappa shape index (κ1) is 15.5. The quantitative estimate of drug-likeness (QED) is 0.890. The fourth-order valence-electron chi connectivity index (χ4n) is 3.05. The summed E-state index contributed by atoms with van der Waals surface area (Å²) in [6, 6.07) is 3.50. The molecule has 0 aromatic heterocycles. The molecule has 2 rings (SSSR count). The van der Waals surface area contributed by atoms with Gasteiger partial charge in [0.2, 0.25) is 5.91 Å². The molecule has 1 aliphatic carbocycles. The van der Waals surface area contributed by atoms with Gasteiger partial charge in [0.25, 0.3) is 0 Å². The molecule has 1 saturated carbocycles. The number of rotatable bonds is 3. The lowest BCUT2D eigenvalue weighted by molar-refractivity contribution is -0.121. The number of anilines is 1. The predicted molar refractivity (Wildman–Crippen MR) is 82.6 cm³/mol. The summed E-state index contributed by atoms with van der Waals surface area (Å²) in [6.07, 6.45) is 3.91. The van der Waals surface area contributed by atoms with Crippen molar-refractivity contribution in [1.29, 1.82) is 0 Å². The summed E-state index contributed by atoms with van der Waals surface area (Å²) in [5, 5.41) is 12.2. The molecule has 1 aromatic rings. The van der Waals surface area contributed by atoms with Crippen molar-refractivity contribution < 1.29 is 14.7 Å². The lowest BCUT2D eigenvalue weighted by Crippen LogP contribution is -2.27. The third-order valence-corrected chi connectivity index (χ3v) is 4.35. The molecule has 0 saturated heterocycles. The van der Waals surface area contributed by atoms with E-state index in [-0.39, 0.29) is 17.4 Å². The number of aryl methyl sites for hydroxylation is 2. The van der Waals surface area contributed by atoms with Crippen molar-refractivity contribution >= 4 is 17.6 Å². The van der Waals surface area contributed by atoms with Gasteiger partial charge >= 0.3 is 5.97 Å². The molecule has 0 spiro atoms. The van der Waals surface area contributed by atoms with Gasteiger partial charge in [-0.05, 0) is 62.6 Å². The third-order valence-electron chi connectivity index (χ3n) is 4.35. The zero-order chi connectivity index (χ0) is 15.6. The molecule has 1 aliphatic rings. The van der Waals surface area contributed by atoms with Crippen molar-refractivity contribution in [2.45, 2.75) is 46.5 Å². The summed E-state index contributed by atoms with van der Waals surface area (Å²) in [4.78, 5) is 23.8. The first-order valence-electron chi connectivity index (χ1n) is 7.54. The Morgan fingerprint density at radius 3 is 2.33 bits per heavy atom. The zero-order valence-electron chi connectivity index (χ0n) is 12.9. The molecule has 0 aliphatic heterocycles. The Balaban J connectivity index is 2.19. The van der Waals surface area contributed by atoms with E-state index in [9.17, 15) is 14.7 Å². The Bertz CT molecular complexity index is 557. The summed E-state index contributed by atoms with van der Waals surface area (Å²) < 4.78 is 0. The highest BCUT2D eigenvalue weighted by molar-refractivity contribution is 6.02. The van der Waals surface area contributed by atoms with Crippen LogP contribution in [0, 0.1) is 25.7 Å². The van der Waals surface area contributed by atoms with Crippen LogP contribution in [0.4, 0.5) is 5.69 Å². The van der Waals surface area contributed by atoms with Crippen LogP contribution >= 0.6 is 0 Å². The van der Waals surface area contributed by atoms with E-state index in [1.807, 2.05) is 19.9 Å². The van der Waals surface area contributed by atoms with Crippen LogP contribution in [0.2, 0.25) is 0 Å². The van der Waals surface area contributed by atoms with Crippen LogP contribution in [0.25, 0.3) is 0 Å². The van der Waals surface area contributed by atoms with Gasteiger partial charge in [0.1, 0.15) is 0 Å². The van der Waals surface area contributed by atoms with E-state index in [1.165, 1.54) is 0 Å². The van der Waals surface area contributed by atoms with Gasteiger partial charge in [0.15, 0.2) is 0 Å². The van der Waals surface area contributed by atoms with Crippen LogP contribution in [0.1, 0.15) is 54.1 Å². The number of nitrogens with one attached hydrogen (secondary N) is 1. The Hall–Kier alpha value is -1.84. The average molecular weight is 289 g/mol. The largest absolute Gasteiger partial charge is 0.478 e. The van der Waals surface area contributed by atoms with Gasteiger partial charge in [-0.2, -0.15) is 0 Å². The number of carboxylic acids is 1. The van der Waals surface area contributed by atoms with E-state index >= 15 is 0 Å². The maximum Gasteiger partial charge on any atom is 0.337 e. The molecule has 1 amide bonds. The van der Waals surface area contributed by atoms with Crippen molar-refractivity contribution in [2.24, 2.45) is 11.8 Å². The van der Waals surface area contributed by atoms with Crippen LogP contribution < -0.4 is 5.32 Å². The number of hydrogen-bond acceptors (Lipinski definition) is 2. The molecule has 1 aromatic carbocycles. The summed E-state index contributed by atoms with van der Waals surface area (Å²) in [5.41, 5.74) is 2.29. The number of carbonyl (C=O) groups excluding carboxylic acids is 1. The van der Waals surface area contributed by atoms with Crippen molar-refractivity contribution in [3.05, 3.63) is 28.8 Å². The fourth-order valence-corrected chi connectivity index (χ4v) is 3.05. The van der Waals surface area contributed by atoms with Gasteiger partial charge in [0.05, 0.1) is 11.3 Å². The van der Waals surface area contributed by atoms with E-state index in [2.05, 4.69) is 12.2 Å². The minimum Gasteiger partial charge on any atom is -0.478 e. The third kappa shape index (κ3) is 3.63. The summed E-state index contributed by atoms with van der Waals surface area (Å²) in [5.74, 6) is -0.362. The van der Waals surface area contributed by atoms with Gasteiger partial charge in [0, 0.05) is 5.92 Å². The van der Waals surface area contributed by atoms with Crippen LogP contribution in [-0.2, 0) is 4.79 Å². The average Bonchev–Trinajstić information content (AvgIpc) is 2.41. The van der Waals surface area contributed by atoms with Crippen molar-refractivity contribution in [1.82, 2.24) is 0 Å². The molecule has 4 heteroatoms. The highest BCUT2D eigenvalue weighted by atomic mass is 16.4. The lowest BCUT2D eigenvalue weighted by atomic mass is 9.82. The SMILES string of the molecule is Cc1cc(C)c(NC(=O)C2CCC(C)CC2)c(C(=O)O)c1. The number of hydrogen-bond donors (Lipinski definition) is 2. The van der Waals surface area contributed by atoms with Crippen molar-refractivity contribution in [2.75, 3.05) is 5.32 Å². The molecule has 0 heterocycles. The highest BCUT2D eigenvalue weighted by Gasteiger charge is 2.26. The lowest BCUT2D eigenvalue weighted by Gasteiger charge is -2.25. The summed E-state index contributed by atoms with van der Waals surface area (Å²) in [6.45, 7) is 5.90. The Labute approximate surface area is 125 Å². The van der Waals surface area contributed by atoms with E-state index in [0.717, 1.165) is 36.8 Å². The van der Waals surface area contributed by atoms with Gasteiger partial charge in [-0.1, -0.05) is 13.0 Å². The highest BCUT2D eigenvalue weighted by Crippen LogP contribution is 2.30. The molecule has 2 N–H and O–H groups in total. The molecule has 4 nitrogen and oxygen atoms in total. The van der Waals surface area contributed by atoms with Gasteiger partial charge in [-0.3, -0.25) is 4.79 Å². The van der Waals surface area contributed by atoms with Gasteiger partial charge < -0.3 is 10.4 Å². The standard InChI is InChI=1S/C17H23NO3/c1-10-4-6-13(7-5-10)16(19)18-15-12(3)8-11(2)9-14(15)17(20)21/h8-10,13H,4-7H2,1-3H3,(H,18,19)(H,20,21). The second-order valence-electron chi connectivity index (χ2n) is 6.26. The number of aromatic carboxylic acids is 1. The first-order chi connectivity index (χ1) is 9.88.